The van der Waals surface area contributed by atoms with Gasteiger partial charge in [0.2, 0.25) is 0 Å². The Morgan fingerprint density at radius 2 is 2.16 bits per heavy atom. The van der Waals surface area contributed by atoms with Crippen LogP contribution in [0.4, 0.5) is 0 Å². The fourth-order valence-electron chi connectivity index (χ4n) is 3.40. The van der Waals surface area contributed by atoms with Crippen LogP contribution in [0, 0.1) is 11.8 Å². The first kappa shape index (κ1) is 13.2. The van der Waals surface area contributed by atoms with Gasteiger partial charge in [0.1, 0.15) is 11.9 Å². The highest BCUT2D eigenvalue weighted by Crippen LogP contribution is 2.38. The number of halogens is 1. The van der Waals surface area contributed by atoms with Crippen LogP contribution in [0.25, 0.3) is 0 Å². The van der Waals surface area contributed by atoms with Crippen molar-refractivity contribution in [2.45, 2.75) is 45.1 Å². The fraction of sp³-hybridized carbons (Fsp3) is 0.562. The number of fused-ring (bicyclic) bond motifs is 1. The van der Waals surface area contributed by atoms with E-state index in [0.717, 1.165) is 21.7 Å². The number of carbonyl (C=O) groups excluding carboxylic acids is 1. The molecule has 0 radical (unpaired) electrons. The largest absolute Gasteiger partial charge is 0.489 e. The first-order valence-electron chi connectivity index (χ1n) is 7.13. The van der Waals surface area contributed by atoms with Gasteiger partial charge in [-0.05, 0) is 42.9 Å². The number of rotatable bonds is 1. The summed E-state index contributed by atoms with van der Waals surface area (Å²) >= 11 is 3.44. The van der Waals surface area contributed by atoms with Crippen LogP contribution >= 0.6 is 15.9 Å². The molecule has 0 spiro atoms. The Balaban J connectivity index is 1.82. The second kappa shape index (κ2) is 5.28. The normalized spacial score (nSPS) is 30.6. The average Bonchev–Trinajstić information content (AvgIpc) is 2.38. The number of benzene rings is 1. The summed E-state index contributed by atoms with van der Waals surface area (Å²) in [5.41, 5.74) is 0.739. The van der Waals surface area contributed by atoms with Gasteiger partial charge in [0.05, 0.1) is 5.56 Å². The van der Waals surface area contributed by atoms with Crippen molar-refractivity contribution in [2.75, 3.05) is 0 Å². The maximum absolute atomic E-state index is 12.2. The van der Waals surface area contributed by atoms with Crippen LogP contribution in [-0.2, 0) is 0 Å². The highest BCUT2D eigenvalue weighted by Gasteiger charge is 2.34. The Bertz CT molecular complexity index is 498. The maximum Gasteiger partial charge on any atom is 0.170 e. The van der Waals surface area contributed by atoms with Crippen molar-refractivity contribution >= 4 is 21.7 Å². The Labute approximate surface area is 122 Å². The van der Waals surface area contributed by atoms with Gasteiger partial charge in [0.15, 0.2) is 5.78 Å². The molecule has 3 atom stereocenters. The van der Waals surface area contributed by atoms with E-state index in [1.54, 1.807) is 0 Å². The van der Waals surface area contributed by atoms with Gasteiger partial charge >= 0.3 is 0 Å². The molecule has 2 aliphatic rings. The van der Waals surface area contributed by atoms with Crippen LogP contribution in [0.15, 0.2) is 22.7 Å². The van der Waals surface area contributed by atoms with Gasteiger partial charge in [0.25, 0.3) is 0 Å². The minimum atomic E-state index is 0.0806. The molecule has 0 aromatic heterocycles. The van der Waals surface area contributed by atoms with Crippen LogP contribution in [0.3, 0.4) is 0 Å². The quantitative estimate of drug-likeness (QED) is 0.754. The summed E-state index contributed by atoms with van der Waals surface area (Å²) in [5.74, 6) is 2.30. The van der Waals surface area contributed by atoms with Crippen LogP contribution in [0.1, 0.15) is 49.4 Å². The Hall–Kier alpha value is -0.830. The topological polar surface area (TPSA) is 26.3 Å². The van der Waals surface area contributed by atoms with E-state index in [1.807, 2.05) is 18.2 Å². The minimum absolute atomic E-state index is 0.0806. The molecule has 1 aliphatic heterocycles. The SMILES string of the molecule is CC1CCCC(C2CC(=O)c3ccc(Br)cc3O2)C1. The third-order valence-electron chi connectivity index (χ3n) is 4.41. The van der Waals surface area contributed by atoms with E-state index < -0.39 is 0 Å². The summed E-state index contributed by atoms with van der Waals surface area (Å²) in [6, 6.07) is 5.69. The summed E-state index contributed by atoms with van der Waals surface area (Å²) in [4.78, 5) is 12.2. The minimum Gasteiger partial charge on any atom is -0.489 e. The van der Waals surface area contributed by atoms with E-state index in [1.165, 1.54) is 25.7 Å². The van der Waals surface area contributed by atoms with Crippen molar-refractivity contribution in [1.29, 1.82) is 0 Å². The fourth-order valence-corrected chi connectivity index (χ4v) is 3.74. The highest BCUT2D eigenvalue weighted by molar-refractivity contribution is 9.10. The molecular weight excluding hydrogens is 304 g/mol. The van der Waals surface area contributed by atoms with E-state index in [9.17, 15) is 4.79 Å². The van der Waals surface area contributed by atoms with Gasteiger partial charge in [-0.1, -0.05) is 35.7 Å². The Kier molecular flexibility index (Phi) is 3.66. The standard InChI is InChI=1S/C16H19BrO2/c1-10-3-2-4-11(7-10)15-9-14(18)13-6-5-12(17)8-16(13)19-15/h5-6,8,10-11,15H,2-4,7,9H2,1H3. The van der Waals surface area contributed by atoms with Gasteiger partial charge in [-0.15, -0.1) is 0 Å². The number of ketones is 1. The Morgan fingerprint density at radius 3 is 2.95 bits per heavy atom. The summed E-state index contributed by atoms with van der Waals surface area (Å²) < 4.78 is 7.09. The molecule has 2 nitrogen and oxygen atoms in total. The van der Waals surface area contributed by atoms with Crippen molar-refractivity contribution in [3.05, 3.63) is 28.2 Å². The van der Waals surface area contributed by atoms with E-state index in [-0.39, 0.29) is 11.9 Å². The molecule has 1 saturated carbocycles. The molecule has 0 N–H and O–H groups in total. The molecule has 1 aromatic rings. The highest BCUT2D eigenvalue weighted by atomic mass is 79.9. The van der Waals surface area contributed by atoms with Gasteiger partial charge in [-0.2, -0.15) is 0 Å². The summed E-state index contributed by atoms with van der Waals surface area (Å²) in [7, 11) is 0. The van der Waals surface area contributed by atoms with Crippen molar-refractivity contribution < 1.29 is 9.53 Å². The number of carbonyl (C=O) groups is 1. The smallest absolute Gasteiger partial charge is 0.170 e. The van der Waals surface area contributed by atoms with Crippen molar-refractivity contribution in [3.63, 3.8) is 0 Å². The van der Waals surface area contributed by atoms with Gasteiger partial charge < -0.3 is 4.74 Å². The first-order valence-corrected chi connectivity index (χ1v) is 7.92. The molecule has 102 valence electrons. The van der Waals surface area contributed by atoms with Crippen molar-refractivity contribution in [2.24, 2.45) is 11.8 Å². The summed E-state index contributed by atoms with van der Waals surface area (Å²) in [5, 5.41) is 0. The third-order valence-corrected chi connectivity index (χ3v) is 4.90. The van der Waals surface area contributed by atoms with E-state index >= 15 is 0 Å². The molecule has 3 rings (SSSR count). The van der Waals surface area contributed by atoms with Crippen LogP contribution in [0.2, 0.25) is 0 Å². The average molecular weight is 323 g/mol. The lowest BCUT2D eigenvalue weighted by Crippen LogP contribution is -2.36. The zero-order chi connectivity index (χ0) is 13.4. The molecule has 3 unspecified atom stereocenters. The molecular formula is C16H19BrO2. The molecule has 19 heavy (non-hydrogen) atoms. The zero-order valence-corrected chi connectivity index (χ0v) is 12.8. The van der Waals surface area contributed by atoms with E-state index in [4.69, 9.17) is 4.74 Å². The van der Waals surface area contributed by atoms with E-state index in [2.05, 4.69) is 22.9 Å². The van der Waals surface area contributed by atoms with Crippen molar-refractivity contribution in [3.8, 4) is 5.75 Å². The molecule has 1 aromatic carbocycles. The number of Topliss-reactive ketones (excluding diaryl/α,β-unsaturated/α-hetero) is 1. The predicted molar refractivity (Wildman–Crippen MR) is 78.6 cm³/mol. The number of hydrogen-bond donors (Lipinski definition) is 0. The Morgan fingerprint density at radius 1 is 1.32 bits per heavy atom. The lowest BCUT2D eigenvalue weighted by atomic mass is 9.77. The molecule has 1 aliphatic carbocycles. The molecule has 3 heteroatoms. The lowest BCUT2D eigenvalue weighted by molar-refractivity contribution is 0.0597. The third kappa shape index (κ3) is 2.71. The van der Waals surface area contributed by atoms with Crippen molar-refractivity contribution in [1.82, 2.24) is 0 Å². The van der Waals surface area contributed by atoms with Gasteiger partial charge in [-0.25, -0.2) is 0 Å². The van der Waals surface area contributed by atoms with Crippen LogP contribution < -0.4 is 4.74 Å². The summed E-state index contributed by atoms with van der Waals surface area (Å²) in [6.45, 7) is 2.31. The van der Waals surface area contributed by atoms with Crippen LogP contribution in [0.5, 0.6) is 5.75 Å². The molecule has 1 fully saturated rings. The van der Waals surface area contributed by atoms with Gasteiger partial charge in [-0.3, -0.25) is 4.79 Å². The second-order valence-electron chi connectivity index (χ2n) is 5.96. The molecule has 0 saturated heterocycles. The number of hydrogen-bond acceptors (Lipinski definition) is 2. The second-order valence-corrected chi connectivity index (χ2v) is 6.87. The zero-order valence-electron chi connectivity index (χ0n) is 11.2. The predicted octanol–water partition coefficient (Wildman–Crippen LogP) is 4.61. The number of ether oxygens (including phenoxy) is 1. The molecule has 0 bridgehead atoms. The monoisotopic (exact) mass is 322 g/mol. The molecule has 1 heterocycles. The van der Waals surface area contributed by atoms with E-state index in [0.29, 0.717) is 12.3 Å². The van der Waals surface area contributed by atoms with Crippen LogP contribution in [-0.4, -0.2) is 11.9 Å². The molecule has 0 amide bonds. The first-order chi connectivity index (χ1) is 9.13. The lowest BCUT2D eigenvalue weighted by Gasteiger charge is -2.35. The van der Waals surface area contributed by atoms with Gasteiger partial charge in [0, 0.05) is 10.9 Å². The maximum atomic E-state index is 12.2. The summed E-state index contributed by atoms with van der Waals surface area (Å²) in [6.07, 6.45) is 5.61.